The van der Waals surface area contributed by atoms with Gasteiger partial charge in [-0.3, -0.25) is 0 Å². The average Bonchev–Trinajstić information content (AvgIpc) is 2.60. The maximum atomic E-state index is 13.9. The Morgan fingerprint density at radius 3 is 2.36 bits per heavy atom. The fraction of sp³-hybridized carbons (Fsp3) is 0.200. The molecule has 0 amide bonds. The molecule has 5 heteroatoms. The molecule has 0 aliphatic heterocycles. The second-order valence-electron chi connectivity index (χ2n) is 5.98. The number of fused-ring (bicyclic) bond motifs is 1. The van der Waals surface area contributed by atoms with Gasteiger partial charge in [-0.25, -0.2) is 4.39 Å². The number of hydrogen-bond acceptors (Lipinski definition) is 1. The lowest BCUT2D eigenvalue weighted by atomic mass is 9.99. The number of alkyl halides is 3. The summed E-state index contributed by atoms with van der Waals surface area (Å²) in [5.74, 6) is -0.288. The molecule has 3 aromatic rings. The molecule has 1 N–H and O–H groups in total. The van der Waals surface area contributed by atoms with Gasteiger partial charge in [-0.1, -0.05) is 48.5 Å². The molecule has 0 saturated heterocycles. The number of halogens is 4. The minimum Gasteiger partial charge on any atom is -0.306 e. The Morgan fingerprint density at radius 2 is 1.64 bits per heavy atom. The highest BCUT2D eigenvalue weighted by molar-refractivity contribution is 5.86. The van der Waals surface area contributed by atoms with Gasteiger partial charge in [0, 0.05) is 18.0 Å². The Labute approximate surface area is 143 Å². The van der Waals surface area contributed by atoms with Crippen molar-refractivity contribution in [2.75, 3.05) is 0 Å². The van der Waals surface area contributed by atoms with Crippen molar-refractivity contribution in [2.45, 2.75) is 25.7 Å². The minimum atomic E-state index is -4.35. The van der Waals surface area contributed by atoms with E-state index in [1.807, 2.05) is 19.1 Å². The number of benzene rings is 3. The predicted molar refractivity (Wildman–Crippen MR) is 90.6 cm³/mol. The summed E-state index contributed by atoms with van der Waals surface area (Å²) in [6.45, 7) is 2.20. The molecule has 0 unspecified atom stereocenters. The lowest BCUT2D eigenvalue weighted by molar-refractivity contribution is -0.137. The van der Waals surface area contributed by atoms with Gasteiger partial charge in [0.1, 0.15) is 5.82 Å². The molecule has 0 heterocycles. The van der Waals surface area contributed by atoms with Crippen molar-refractivity contribution in [1.82, 2.24) is 5.32 Å². The maximum absolute atomic E-state index is 13.9. The van der Waals surface area contributed by atoms with Crippen molar-refractivity contribution in [1.29, 1.82) is 0 Å². The van der Waals surface area contributed by atoms with Crippen molar-refractivity contribution >= 4 is 10.8 Å². The molecule has 3 aromatic carbocycles. The molecule has 0 bridgehead atoms. The normalized spacial score (nSPS) is 13.2. The van der Waals surface area contributed by atoms with E-state index >= 15 is 0 Å². The first kappa shape index (κ1) is 17.4. The first-order valence-electron chi connectivity index (χ1n) is 7.93. The number of hydrogen-bond donors (Lipinski definition) is 1. The first-order chi connectivity index (χ1) is 11.9. The van der Waals surface area contributed by atoms with Crippen LogP contribution in [0.1, 0.15) is 29.7 Å². The van der Waals surface area contributed by atoms with Gasteiger partial charge in [0.25, 0.3) is 0 Å². The second-order valence-corrected chi connectivity index (χ2v) is 5.98. The molecule has 25 heavy (non-hydrogen) atoms. The zero-order valence-electron chi connectivity index (χ0n) is 13.6. The molecule has 1 atom stereocenters. The van der Waals surface area contributed by atoms with E-state index in [1.54, 1.807) is 24.3 Å². The minimum absolute atomic E-state index is 0.139. The standard InChI is InChI=1S/C20H17F4N/c1-13(16-9-10-19(21)18-8-3-2-7-17(16)18)25-12-14-5-4-6-15(11-14)20(22,23)24/h2-11,13,25H,12H2,1H3/t13-/m1/s1/i21-1. The molecular formula is C20H17F4N. The van der Waals surface area contributed by atoms with Gasteiger partial charge in [-0.2, -0.15) is 13.2 Å². The Kier molecular flexibility index (Phi) is 4.77. The average molecular weight is 346 g/mol. The summed E-state index contributed by atoms with van der Waals surface area (Å²) in [6, 6.07) is 15.4. The lowest BCUT2D eigenvalue weighted by Gasteiger charge is -2.17. The van der Waals surface area contributed by atoms with Crippen LogP contribution in [0.5, 0.6) is 0 Å². The molecular weight excluding hydrogens is 329 g/mol. The van der Waals surface area contributed by atoms with Crippen LogP contribution in [-0.4, -0.2) is 0 Å². The summed E-state index contributed by atoms with van der Waals surface area (Å²) in [7, 11) is 0. The van der Waals surface area contributed by atoms with Crippen molar-refractivity contribution in [3.8, 4) is 0 Å². The maximum Gasteiger partial charge on any atom is 0.416 e. The van der Waals surface area contributed by atoms with Crippen LogP contribution in [0.4, 0.5) is 17.6 Å². The molecule has 0 aliphatic carbocycles. The van der Waals surface area contributed by atoms with Crippen LogP contribution in [0.15, 0.2) is 60.7 Å². The zero-order chi connectivity index (χ0) is 18.0. The molecule has 0 fully saturated rings. The van der Waals surface area contributed by atoms with E-state index in [9.17, 15) is 17.6 Å². The predicted octanol–water partition coefficient (Wildman–Crippen LogP) is 5.85. The highest BCUT2D eigenvalue weighted by atomic mass is 19.4. The fourth-order valence-electron chi connectivity index (χ4n) is 2.90. The third-order valence-corrected chi connectivity index (χ3v) is 4.24. The quantitative estimate of drug-likeness (QED) is 0.585. The monoisotopic (exact) mass is 346 g/mol. The van der Waals surface area contributed by atoms with E-state index in [2.05, 4.69) is 5.32 Å². The fourth-order valence-corrected chi connectivity index (χ4v) is 2.90. The number of rotatable bonds is 4. The van der Waals surface area contributed by atoms with Gasteiger partial charge in [0.15, 0.2) is 0 Å². The van der Waals surface area contributed by atoms with Gasteiger partial charge in [0.05, 0.1) is 5.56 Å². The van der Waals surface area contributed by atoms with E-state index in [0.717, 1.165) is 23.1 Å². The largest absolute Gasteiger partial charge is 0.416 e. The molecule has 0 aromatic heterocycles. The summed E-state index contributed by atoms with van der Waals surface area (Å²) in [5, 5.41) is 4.55. The Bertz CT molecular complexity index is 886. The van der Waals surface area contributed by atoms with Gasteiger partial charge in [-0.05, 0) is 35.6 Å². The van der Waals surface area contributed by atoms with Gasteiger partial charge >= 0.3 is 6.18 Å². The van der Waals surface area contributed by atoms with E-state index in [-0.39, 0.29) is 18.4 Å². The summed E-state index contributed by atoms with van der Waals surface area (Å²) in [4.78, 5) is 0. The molecule has 130 valence electrons. The Balaban J connectivity index is 1.80. The molecule has 3 rings (SSSR count). The van der Waals surface area contributed by atoms with E-state index < -0.39 is 11.7 Å². The second kappa shape index (κ2) is 6.84. The summed E-state index contributed by atoms with van der Waals surface area (Å²) >= 11 is 0. The molecule has 0 aliphatic rings. The van der Waals surface area contributed by atoms with Gasteiger partial charge in [0.2, 0.25) is 0 Å². The Morgan fingerprint density at radius 1 is 0.920 bits per heavy atom. The SMILES string of the molecule is C[C@@H](NCc1cccc(C(F)(F)F)c1)c1ccc([18F])c2ccccc12. The summed E-state index contributed by atoms with van der Waals surface area (Å²) < 4.78 is 52.3. The van der Waals surface area contributed by atoms with Gasteiger partial charge < -0.3 is 5.32 Å². The van der Waals surface area contributed by atoms with Crippen LogP contribution in [0.2, 0.25) is 0 Å². The van der Waals surface area contributed by atoms with Crippen molar-refractivity contribution in [3.05, 3.63) is 83.2 Å². The smallest absolute Gasteiger partial charge is 0.306 e. The van der Waals surface area contributed by atoms with Gasteiger partial charge in [-0.15, -0.1) is 0 Å². The molecule has 0 spiro atoms. The third-order valence-electron chi connectivity index (χ3n) is 4.24. The summed E-state index contributed by atoms with van der Waals surface area (Å²) in [6.07, 6.45) is -4.35. The lowest BCUT2D eigenvalue weighted by Crippen LogP contribution is -2.19. The van der Waals surface area contributed by atoms with E-state index in [4.69, 9.17) is 0 Å². The molecule has 1 nitrogen and oxygen atoms in total. The topological polar surface area (TPSA) is 12.0 Å². The molecule has 0 saturated carbocycles. The highest BCUT2D eigenvalue weighted by Gasteiger charge is 2.30. The van der Waals surface area contributed by atoms with E-state index in [1.165, 1.54) is 12.1 Å². The van der Waals surface area contributed by atoms with E-state index in [0.29, 0.717) is 10.9 Å². The van der Waals surface area contributed by atoms with Crippen LogP contribution >= 0.6 is 0 Å². The van der Waals surface area contributed by atoms with Crippen LogP contribution in [0.25, 0.3) is 10.8 Å². The molecule has 0 radical (unpaired) electrons. The highest BCUT2D eigenvalue weighted by Crippen LogP contribution is 2.30. The van der Waals surface area contributed by atoms with Crippen LogP contribution in [0.3, 0.4) is 0 Å². The number of nitrogens with one attached hydrogen (secondary N) is 1. The van der Waals surface area contributed by atoms with Crippen molar-refractivity contribution in [2.24, 2.45) is 0 Å². The summed E-state index contributed by atoms with van der Waals surface area (Å²) in [5.41, 5.74) is 0.795. The van der Waals surface area contributed by atoms with Crippen molar-refractivity contribution < 1.29 is 17.6 Å². The van der Waals surface area contributed by atoms with Crippen LogP contribution in [0, 0.1) is 5.82 Å². The van der Waals surface area contributed by atoms with Crippen LogP contribution < -0.4 is 5.32 Å². The van der Waals surface area contributed by atoms with Crippen molar-refractivity contribution in [3.63, 3.8) is 0 Å². The van der Waals surface area contributed by atoms with Crippen LogP contribution in [-0.2, 0) is 12.7 Å². The Hall–Kier alpha value is -2.40. The third kappa shape index (κ3) is 3.82. The first-order valence-corrected chi connectivity index (χ1v) is 7.93. The zero-order valence-corrected chi connectivity index (χ0v) is 13.6.